The monoisotopic (exact) mass is 353 g/mol. The maximum atomic E-state index is 13.8. The number of carbonyl (C=O) groups is 1. The third-order valence-electron chi connectivity index (χ3n) is 6.15. The number of hydrogen-bond donors (Lipinski definition) is 1. The first kappa shape index (κ1) is 17.2. The maximum Gasteiger partial charge on any atom is 0.260 e. The maximum absolute atomic E-state index is 13.8. The average molecular weight is 353 g/mol. The molecular formula is C21H24FN3O. The smallest absolute Gasteiger partial charge is 0.260 e. The van der Waals surface area contributed by atoms with Gasteiger partial charge < -0.3 is 10.2 Å². The molecule has 0 radical (unpaired) electrons. The number of likely N-dealkylation sites (N-methyl/N-ethyl adjacent to an activating group) is 1. The highest BCUT2D eigenvalue weighted by Gasteiger charge is 2.47. The molecule has 2 heterocycles. The second-order valence-electron chi connectivity index (χ2n) is 8.08. The number of benzene rings is 1. The number of fused-ring (bicyclic) bond motifs is 3. The summed E-state index contributed by atoms with van der Waals surface area (Å²) in [5.41, 5.74) is 3.49. The van der Waals surface area contributed by atoms with Crippen LogP contribution in [0.15, 0.2) is 36.5 Å². The molecule has 2 aromatic rings. The Hall–Kier alpha value is -2.27. The highest BCUT2D eigenvalue weighted by molar-refractivity contribution is 6.04. The minimum absolute atomic E-state index is 0.0383. The number of likely N-dealkylation sites (tertiary alicyclic amines) is 1. The van der Waals surface area contributed by atoms with Crippen molar-refractivity contribution in [3.05, 3.63) is 59.2 Å². The summed E-state index contributed by atoms with van der Waals surface area (Å²) in [5.74, 6) is -0.118. The Bertz CT molecular complexity index is 864. The average Bonchev–Trinajstić information content (AvgIpc) is 2.82. The quantitative estimate of drug-likeness (QED) is 0.836. The van der Waals surface area contributed by atoms with E-state index in [1.54, 1.807) is 6.07 Å². The summed E-state index contributed by atoms with van der Waals surface area (Å²) in [6, 6.07) is 9.13. The molecule has 0 spiro atoms. The predicted molar refractivity (Wildman–Crippen MR) is 100.0 cm³/mol. The van der Waals surface area contributed by atoms with Crippen molar-refractivity contribution in [2.45, 2.75) is 31.6 Å². The van der Waals surface area contributed by atoms with Gasteiger partial charge in [-0.25, -0.2) is 4.98 Å². The van der Waals surface area contributed by atoms with Crippen molar-refractivity contribution < 1.29 is 9.18 Å². The van der Waals surface area contributed by atoms with Crippen molar-refractivity contribution in [3.63, 3.8) is 0 Å². The van der Waals surface area contributed by atoms with E-state index in [-0.39, 0.29) is 11.0 Å². The molecule has 4 rings (SSSR count). The molecule has 0 saturated carbocycles. The molecule has 2 aliphatic rings. The SMILES string of the molecule is CN1CCC2C(C1)c1cc(NC(=O)c3cccnc3F)ccc1C2(C)C. The van der Waals surface area contributed by atoms with Gasteiger partial charge in [-0.3, -0.25) is 4.79 Å². The van der Waals surface area contributed by atoms with Crippen molar-refractivity contribution in [1.82, 2.24) is 9.88 Å². The molecule has 1 N–H and O–H groups in total. The number of pyridine rings is 1. The van der Waals surface area contributed by atoms with E-state index in [1.807, 2.05) is 6.07 Å². The first-order valence-electron chi connectivity index (χ1n) is 9.13. The van der Waals surface area contributed by atoms with Crippen LogP contribution in [0.4, 0.5) is 10.1 Å². The molecule has 1 aromatic carbocycles. The Kier molecular flexibility index (Phi) is 4.07. The normalized spacial score (nSPS) is 24.0. The third-order valence-corrected chi connectivity index (χ3v) is 6.15. The van der Waals surface area contributed by atoms with Crippen molar-refractivity contribution in [2.24, 2.45) is 5.92 Å². The number of nitrogens with zero attached hydrogens (tertiary/aromatic N) is 2. The molecule has 1 saturated heterocycles. The molecule has 4 nitrogen and oxygen atoms in total. The summed E-state index contributed by atoms with van der Waals surface area (Å²) in [5, 5.41) is 2.83. The summed E-state index contributed by atoms with van der Waals surface area (Å²) in [6.07, 6.45) is 2.52. The van der Waals surface area contributed by atoms with E-state index >= 15 is 0 Å². The first-order valence-corrected chi connectivity index (χ1v) is 9.13. The second-order valence-corrected chi connectivity index (χ2v) is 8.08. The van der Waals surface area contributed by atoms with E-state index in [1.165, 1.54) is 29.8 Å². The Labute approximate surface area is 153 Å². The molecule has 1 fully saturated rings. The van der Waals surface area contributed by atoms with E-state index in [4.69, 9.17) is 0 Å². The van der Waals surface area contributed by atoms with Crippen LogP contribution in [0.2, 0.25) is 0 Å². The fraction of sp³-hybridized carbons (Fsp3) is 0.429. The van der Waals surface area contributed by atoms with Crippen LogP contribution in [-0.4, -0.2) is 35.9 Å². The zero-order valence-electron chi connectivity index (χ0n) is 15.4. The van der Waals surface area contributed by atoms with Crippen LogP contribution in [0.25, 0.3) is 0 Å². The Morgan fingerprint density at radius 2 is 2.15 bits per heavy atom. The number of halogens is 1. The van der Waals surface area contributed by atoms with Crippen LogP contribution in [0.3, 0.4) is 0 Å². The molecule has 1 aliphatic carbocycles. The van der Waals surface area contributed by atoms with Crippen molar-refractivity contribution >= 4 is 11.6 Å². The van der Waals surface area contributed by atoms with Gasteiger partial charge in [-0.15, -0.1) is 0 Å². The molecule has 5 heteroatoms. The topological polar surface area (TPSA) is 45.2 Å². The van der Waals surface area contributed by atoms with Crippen LogP contribution in [0.5, 0.6) is 0 Å². The van der Waals surface area contributed by atoms with E-state index in [9.17, 15) is 9.18 Å². The summed E-state index contributed by atoms with van der Waals surface area (Å²) < 4.78 is 13.8. The Balaban J connectivity index is 1.65. The van der Waals surface area contributed by atoms with E-state index in [0.717, 1.165) is 13.1 Å². The number of nitrogens with one attached hydrogen (secondary N) is 1. The number of aromatic nitrogens is 1. The van der Waals surface area contributed by atoms with Crippen LogP contribution >= 0.6 is 0 Å². The van der Waals surface area contributed by atoms with Gasteiger partial charge in [0.05, 0.1) is 5.56 Å². The molecule has 1 aliphatic heterocycles. The lowest BCUT2D eigenvalue weighted by Crippen LogP contribution is -2.39. The summed E-state index contributed by atoms with van der Waals surface area (Å²) in [7, 11) is 2.16. The minimum atomic E-state index is -0.749. The van der Waals surface area contributed by atoms with Crippen molar-refractivity contribution in [2.75, 3.05) is 25.5 Å². The van der Waals surface area contributed by atoms with Gasteiger partial charge in [-0.2, -0.15) is 4.39 Å². The lowest BCUT2D eigenvalue weighted by atomic mass is 9.73. The first-order chi connectivity index (χ1) is 12.4. The lowest BCUT2D eigenvalue weighted by molar-refractivity contribution is 0.102. The summed E-state index contributed by atoms with van der Waals surface area (Å²) in [4.78, 5) is 18.3. The zero-order valence-corrected chi connectivity index (χ0v) is 15.4. The standard InChI is InChI=1S/C21H24FN3O/c1-21(2)17-7-6-13(24-20(26)14-5-4-9-23-19(14)22)11-15(17)16-12-25(3)10-8-18(16)21/h4-7,9,11,16,18H,8,10,12H2,1-3H3,(H,24,26). The van der Waals surface area contributed by atoms with E-state index in [2.05, 4.69) is 48.2 Å². The highest BCUT2D eigenvalue weighted by Crippen LogP contribution is 2.54. The van der Waals surface area contributed by atoms with Crippen LogP contribution in [0, 0.1) is 11.9 Å². The number of rotatable bonds is 2. The van der Waals surface area contributed by atoms with Crippen molar-refractivity contribution in [3.8, 4) is 0 Å². The zero-order chi connectivity index (χ0) is 18.5. The molecular weight excluding hydrogens is 329 g/mol. The fourth-order valence-corrected chi connectivity index (χ4v) is 4.78. The van der Waals surface area contributed by atoms with Crippen molar-refractivity contribution in [1.29, 1.82) is 0 Å². The van der Waals surface area contributed by atoms with E-state index in [0.29, 0.717) is 17.5 Å². The van der Waals surface area contributed by atoms with Gasteiger partial charge in [0, 0.05) is 24.3 Å². The number of piperidine rings is 1. The number of anilines is 1. The summed E-state index contributed by atoms with van der Waals surface area (Å²) >= 11 is 0. The fourth-order valence-electron chi connectivity index (χ4n) is 4.78. The molecule has 136 valence electrons. The number of hydrogen-bond acceptors (Lipinski definition) is 3. The number of carbonyl (C=O) groups excluding carboxylic acids is 1. The van der Waals surface area contributed by atoms with Gasteiger partial charge in [0.1, 0.15) is 0 Å². The van der Waals surface area contributed by atoms with Crippen LogP contribution in [0.1, 0.15) is 47.7 Å². The molecule has 2 atom stereocenters. The van der Waals surface area contributed by atoms with Gasteiger partial charge in [-0.1, -0.05) is 19.9 Å². The molecule has 26 heavy (non-hydrogen) atoms. The predicted octanol–water partition coefficient (Wildman–Crippen LogP) is 3.80. The highest BCUT2D eigenvalue weighted by atomic mass is 19.1. The molecule has 1 amide bonds. The molecule has 0 bridgehead atoms. The van der Waals surface area contributed by atoms with Gasteiger partial charge in [0.25, 0.3) is 5.91 Å². The Morgan fingerprint density at radius 1 is 1.35 bits per heavy atom. The van der Waals surface area contributed by atoms with Crippen LogP contribution < -0.4 is 5.32 Å². The van der Waals surface area contributed by atoms with Gasteiger partial charge in [0.15, 0.2) is 0 Å². The molecule has 1 aromatic heterocycles. The van der Waals surface area contributed by atoms with Gasteiger partial charge >= 0.3 is 0 Å². The largest absolute Gasteiger partial charge is 0.322 e. The third kappa shape index (κ3) is 2.71. The minimum Gasteiger partial charge on any atom is -0.322 e. The molecule has 2 unspecified atom stereocenters. The Morgan fingerprint density at radius 3 is 2.92 bits per heavy atom. The second kappa shape index (κ2) is 6.16. The lowest BCUT2D eigenvalue weighted by Gasteiger charge is -2.38. The number of amides is 1. The van der Waals surface area contributed by atoms with E-state index < -0.39 is 11.9 Å². The van der Waals surface area contributed by atoms with Gasteiger partial charge in [-0.05, 0) is 66.7 Å². The summed E-state index contributed by atoms with van der Waals surface area (Å²) in [6.45, 7) is 6.81. The van der Waals surface area contributed by atoms with Crippen LogP contribution in [-0.2, 0) is 5.41 Å². The van der Waals surface area contributed by atoms with Gasteiger partial charge in [0.2, 0.25) is 5.95 Å².